The molecule has 2 aromatic rings. The molecule has 102 valence electrons. The largest absolute Gasteiger partial charge is 0.493 e. The summed E-state index contributed by atoms with van der Waals surface area (Å²) < 4.78 is 17.3. The minimum atomic E-state index is -0.331. The van der Waals surface area contributed by atoms with Gasteiger partial charge in [-0.05, 0) is 23.3 Å². The van der Waals surface area contributed by atoms with Crippen LogP contribution in [0, 0.1) is 0 Å². The van der Waals surface area contributed by atoms with Crippen LogP contribution >= 0.6 is 0 Å². The van der Waals surface area contributed by atoms with Crippen LogP contribution in [0.5, 0.6) is 5.75 Å². The van der Waals surface area contributed by atoms with E-state index in [0.29, 0.717) is 13.0 Å². The first-order chi connectivity index (χ1) is 9.40. The summed E-state index contributed by atoms with van der Waals surface area (Å²) in [4.78, 5) is 0. The second-order valence-electron chi connectivity index (χ2n) is 3.78. The molecule has 0 amide bonds. The van der Waals surface area contributed by atoms with E-state index in [4.69, 9.17) is 4.74 Å². The highest BCUT2D eigenvalue weighted by atomic mass is 19.1. The zero-order valence-electron chi connectivity index (χ0n) is 11.6. The lowest BCUT2D eigenvalue weighted by atomic mass is 10.1. The van der Waals surface area contributed by atoms with Crippen LogP contribution in [-0.4, -0.2) is 13.3 Å². The molecule has 0 saturated carbocycles. The van der Waals surface area contributed by atoms with Crippen LogP contribution in [0.25, 0.3) is 11.1 Å². The van der Waals surface area contributed by atoms with E-state index in [-0.39, 0.29) is 6.67 Å². The van der Waals surface area contributed by atoms with Crippen molar-refractivity contribution in [3.63, 3.8) is 0 Å². The van der Waals surface area contributed by atoms with Crippen LogP contribution in [0.2, 0.25) is 0 Å². The SMILES string of the molecule is CC.FCCCOc1ccc(-c2ccccc2)cc1. The highest BCUT2D eigenvalue weighted by Gasteiger charge is 1.97. The van der Waals surface area contributed by atoms with Crippen LogP contribution in [-0.2, 0) is 0 Å². The van der Waals surface area contributed by atoms with Gasteiger partial charge in [-0.25, -0.2) is 0 Å². The predicted molar refractivity (Wildman–Crippen MR) is 79.3 cm³/mol. The molecular weight excluding hydrogens is 239 g/mol. The molecule has 0 unspecified atom stereocenters. The summed E-state index contributed by atoms with van der Waals surface area (Å²) in [6.45, 7) is 4.10. The molecule has 2 heteroatoms. The predicted octanol–water partition coefficient (Wildman–Crippen LogP) is 5.12. The Labute approximate surface area is 115 Å². The molecule has 1 nitrogen and oxygen atoms in total. The van der Waals surface area contributed by atoms with Gasteiger partial charge >= 0.3 is 0 Å². The van der Waals surface area contributed by atoms with E-state index in [2.05, 4.69) is 12.1 Å². The van der Waals surface area contributed by atoms with E-state index in [0.717, 1.165) is 11.3 Å². The average Bonchev–Trinajstić information content (AvgIpc) is 2.51. The highest BCUT2D eigenvalue weighted by Crippen LogP contribution is 2.21. The van der Waals surface area contributed by atoms with Crippen molar-refractivity contribution < 1.29 is 9.13 Å². The minimum absolute atomic E-state index is 0.331. The van der Waals surface area contributed by atoms with Gasteiger partial charge in [0.15, 0.2) is 0 Å². The Morgan fingerprint density at radius 2 is 1.42 bits per heavy atom. The average molecular weight is 260 g/mol. The summed E-state index contributed by atoms with van der Waals surface area (Å²) in [6, 6.07) is 18.0. The van der Waals surface area contributed by atoms with E-state index in [1.807, 2.05) is 56.3 Å². The van der Waals surface area contributed by atoms with Gasteiger partial charge in [0.25, 0.3) is 0 Å². The van der Waals surface area contributed by atoms with E-state index in [1.54, 1.807) is 0 Å². The standard InChI is InChI=1S/C15H15FO.C2H6/c16-11-4-12-17-15-9-7-14(8-10-15)13-5-2-1-3-6-13;1-2/h1-3,5-10H,4,11-12H2;1-2H3. The maximum absolute atomic E-state index is 11.9. The van der Waals surface area contributed by atoms with Crippen LogP contribution in [0.3, 0.4) is 0 Å². The summed E-state index contributed by atoms with van der Waals surface area (Å²) in [5.41, 5.74) is 2.34. The van der Waals surface area contributed by atoms with Crippen LogP contribution in [0.1, 0.15) is 20.3 Å². The van der Waals surface area contributed by atoms with Crippen LogP contribution < -0.4 is 4.74 Å². The number of benzene rings is 2. The van der Waals surface area contributed by atoms with Crippen molar-refractivity contribution in [2.45, 2.75) is 20.3 Å². The Morgan fingerprint density at radius 1 is 0.842 bits per heavy atom. The molecule has 0 N–H and O–H groups in total. The van der Waals surface area contributed by atoms with Crippen LogP contribution in [0.4, 0.5) is 4.39 Å². The molecule has 0 bridgehead atoms. The Hall–Kier alpha value is -1.83. The lowest BCUT2D eigenvalue weighted by Gasteiger charge is -2.06. The van der Waals surface area contributed by atoms with Crippen molar-refractivity contribution in [1.82, 2.24) is 0 Å². The number of ether oxygens (including phenoxy) is 1. The fraction of sp³-hybridized carbons (Fsp3) is 0.294. The molecule has 0 saturated heterocycles. The molecular formula is C17H21FO. The number of hydrogen-bond acceptors (Lipinski definition) is 1. The first kappa shape index (κ1) is 15.2. The first-order valence-electron chi connectivity index (χ1n) is 6.74. The van der Waals surface area contributed by atoms with Crippen molar-refractivity contribution in [3.8, 4) is 16.9 Å². The summed E-state index contributed by atoms with van der Waals surface area (Å²) >= 11 is 0. The molecule has 0 spiro atoms. The molecule has 0 fully saturated rings. The lowest BCUT2D eigenvalue weighted by Crippen LogP contribution is -1.97. The monoisotopic (exact) mass is 260 g/mol. The Balaban J connectivity index is 0.000000861. The smallest absolute Gasteiger partial charge is 0.119 e. The van der Waals surface area contributed by atoms with Gasteiger partial charge in [-0.3, -0.25) is 4.39 Å². The number of hydrogen-bond donors (Lipinski definition) is 0. The zero-order valence-corrected chi connectivity index (χ0v) is 11.6. The number of halogens is 1. The third-order valence-electron chi connectivity index (χ3n) is 2.51. The van der Waals surface area contributed by atoms with Gasteiger partial charge in [0, 0.05) is 6.42 Å². The van der Waals surface area contributed by atoms with Gasteiger partial charge in [0.1, 0.15) is 5.75 Å². The van der Waals surface area contributed by atoms with Gasteiger partial charge in [0.2, 0.25) is 0 Å². The van der Waals surface area contributed by atoms with Crippen molar-refractivity contribution in [1.29, 1.82) is 0 Å². The fourth-order valence-electron chi connectivity index (χ4n) is 1.62. The fourth-order valence-corrected chi connectivity index (χ4v) is 1.62. The molecule has 0 radical (unpaired) electrons. The maximum atomic E-state index is 11.9. The second kappa shape index (κ2) is 9.15. The quantitative estimate of drug-likeness (QED) is 0.678. The second-order valence-corrected chi connectivity index (χ2v) is 3.78. The first-order valence-corrected chi connectivity index (χ1v) is 6.74. The molecule has 0 atom stereocenters. The van der Waals surface area contributed by atoms with Gasteiger partial charge in [-0.1, -0.05) is 56.3 Å². The Bertz CT molecular complexity index is 437. The van der Waals surface area contributed by atoms with Gasteiger partial charge in [0.05, 0.1) is 13.3 Å². The molecule has 0 aromatic heterocycles. The minimum Gasteiger partial charge on any atom is -0.493 e. The molecule has 0 aliphatic heterocycles. The molecule has 2 rings (SSSR count). The van der Waals surface area contributed by atoms with E-state index >= 15 is 0 Å². The molecule has 19 heavy (non-hydrogen) atoms. The summed E-state index contributed by atoms with van der Waals surface area (Å²) in [7, 11) is 0. The normalized spacial score (nSPS) is 9.42. The lowest BCUT2D eigenvalue weighted by molar-refractivity contribution is 0.289. The summed E-state index contributed by atoms with van der Waals surface area (Å²) in [6.07, 6.45) is 0.445. The highest BCUT2D eigenvalue weighted by molar-refractivity contribution is 5.63. The Morgan fingerprint density at radius 3 is 2.00 bits per heavy atom. The zero-order chi connectivity index (χ0) is 13.9. The summed E-state index contributed by atoms with van der Waals surface area (Å²) in [5.74, 6) is 0.790. The molecule has 0 heterocycles. The summed E-state index contributed by atoms with van der Waals surface area (Å²) in [5, 5.41) is 0. The van der Waals surface area contributed by atoms with E-state index < -0.39 is 0 Å². The third kappa shape index (κ3) is 5.12. The van der Waals surface area contributed by atoms with Gasteiger partial charge < -0.3 is 4.74 Å². The molecule has 0 aliphatic rings. The van der Waals surface area contributed by atoms with Gasteiger partial charge in [-0.2, -0.15) is 0 Å². The maximum Gasteiger partial charge on any atom is 0.119 e. The van der Waals surface area contributed by atoms with Crippen LogP contribution in [0.15, 0.2) is 54.6 Å². The van der Waals surface area contributed by atoms with Gasteiger partial charge in [-0.15, -0.1) is 0 Å². The Kier molecular flexibility index (Phi) is 7.33. The molecule has 2 aromatic carbocycles. The number of alkyl halides is 1. The van der Waals surface area contributed by atoms with Crippen molar-refractivity contribution in [3.05, 3.63) is 54.6 Å². The molecule has 0 aliphatic carbocycles. The topological polar surface area (TPSA) is 9.23 Å². The van der Waals surface area contributed by atoms with E-state index in [9.17, 15) is 4.39 Å². The van der Waals surface area contributed by atoms with E-state index in [1.165, 1.54) is 5.56 Å². The van der Waals surface area contributed by atoms with Crippen molar-refractivity contribution in [2.75, 3.05) is 13.3 Å². The van der Waals surface area contributed by atoms with Crippen molar-refractivity contribution in [2.24, 2.45) is 0 Å². The number of rotatable bonds is 5. The van der Waals surface area contributed by atoms with Crippen molar-refractivity contribution >= 4 is 0 Å². The third-order valence-corrected chi connectivity index (χ3v) is 2.51.